The number of carbonyl (C=O) groups excluding carboxylic acids is 1. The van der Waals surface area contributed by atoms with Gasteiger partial charge in [-0.2, -0.15) is 0 Å². The Kier molecular flexibility index (Phi) is 3.61. The van der Waals surface area contributed by atoms with Crippen molar-refractivity contribution in [1.82, 2.24) is 9.97 Å². The predicted molar refractivity (Wildman–Crippen MR) is 58.3 cm³/mol. The Morgan fingerprint density at radius 3 is 2.87 bits per heavy atom. The summed E-state index contributed by atoms with van der Waals surface area (Å²) in [7, 11) is 3.71. The lowest BCUT2D eigenvalue weighted by Crippen LogP contribution is -2.14. The van der Waals surface area contributed by atoms with Gasteiger partial charge in [0.25, 0.3) is 5.91 Å². The molecule has 1 heterocycles. The number of nitrogens with one attached hydrogen (secondary N) is 1. The highest BCUT2D eigenvalue weighted by Crippen LogP contribution is 2.10. The molecule has 1 aromatic heterocycles. The fourth-order valence-electron chi connectivity index (χ4n) is 0.915. The van der Waals surface area contributed by atoms with Crippen LogP contribution in [0.1, 0.15) is 0 Å². The summed E-state index contributed by atoms with van der Waals surface area (Å²) in [6, 6.07) is 1.67. The van der Waals surface area contributed by atoms with Gasteiger partial charge >= 0.3 is 0 Å². The Morgan fingerprint density at radius 1 is 1.53 bits per heavy atom. The van der Waals surface area contributed by atoms with Crippen molar-refractivity contribution in [2.45, 2.75) is 0 Å². The zero-order valence-electron chi connectivity index (χ0n) is 8.64. The smallest absolute Gasteiger partial charge is 0.250 e. The molecule has 0 bridgehead atoms. The molecule has 0 aromatic carbocycles. The van der Waals surface area contributed by atoms with Gasteiger partial charge in [0.2, 0.25) is 0 Å². The van der Waals surface area contributed by atoms with Crippen LogP contribution < -0.4 is 16.0 Å². The molecule has 6 nitrogen and oxygen atoms in total. The molecule has 80 valence electrons. The van der Waals surface area contributed by atoms with Gasteiger partial charge in [0.15, 0.2) is 0 Å². The van der Waals surface area contributed by atoms with Crippen LogP contribution in [-0.2, 0) is 4.79 Å². The van der Waals surface area contributed by atoms with Gasteiger partial charge in [0, 0.05) is 26.2 Å². The summed E-state index contributed by atoms with van der Waals surface area (Å²) in [5.74, 6) is 0.842. The third-order valence-electron chi connectivity index (χ3n) is 1.61. The zero-order valence-corrected chi connectivity index (χ0v) is 8.64. The number of amides is 1. The minimum Gasteiger partial charge on any atom is -0.404 e. The summed E-state index contributed by atoms with van der Waals surface area (Å²) in [6.07, 6.45) is 3.78. The van der Waals surface area contributed by atoms with Gasteiger partial charge < -0.3 is 16.0 Å². The molecule has 0 spiro atoms. The van der Waals surface area contributed by atoms with Crippen LogP contribution >= 0.6 is 0 Å². The van der Waals surface area contributed by atoms with Gasteiger partial charge in [-0.05, 0) is 6.20 Å². The maximum absolute atomic E-state index is 11.1. The topological polar surface area (TPSA) is 84.1 Å². The Bertz CT molecular complexity index is 375. The monoisotopic (exact) mass is 207 g/mol. The number of nitrogens with two attached hydrogens (primary N) is 1. The molecule has 0 saturated carbocycles. The first-order valence-electron chi connectivity index (χ1n) is 4.32. The molecule has 6 heteroatoms. The quantitative estimate of drug-likeness (QED) is 0.679. The molecule has 0 fully saturated rings. The fraction of sp³-hybridized carbons (Fsp3) is 0.222. The van der Waals surface area contributed by atoms with Crippen LogP contribution in [0.15, 0.2) is 24.7 Å². The minimum absolute atomic E-state index is 0.319. The first kappa shape index (κ1) is 11.0. The van der Waals surface area contributed by atoms with Gasteiger partial charge in [-0.3, -0.25) is 4.79 Å². The average molecular weight is 207 g/mol. The van der Waals surface area contributed by atoms with Crippen molar-refractivity contribution in [3.8, 4) is 0 Å². The second kappa shape index (κ2) is 4.94. The van der Waals surface area contributed by atoms with E-state index in [4.69, 9.17) is 5.73 Å². The molecule has 0 radical (unpaired) electrons. The van der Waals surface area contributed by atoms with Crippen molar-refractivity contribution in [3.63, 3.8) is 0 Å². The van der Waals surface area contributed by atoms with Crippen molar-refractivity contribution in [2.75, 3.05) is 24.3 Å². The third kappa shape index (κ3) is 3.26. The van der Waals surface area contributed by atoms with Crippen LogP contribution in [-0.4, -0.2) is 30.0 Å². The predicted octanol–water partition coefficient (Wildman–Crippen LogP) is -0.0465. The van der Waals surface area contributed by atoms with Crippen molar-refractivity contribution in [3.05, 3.63) is 24.7 Å². The van der Waals surface area contributed by atoms with E-state index < -0.39 is 0 Å². The zero-order chi connectivity index (χ0) is 11.3. The number of aromatic nitrogens is 2. The van der Waals surface area contributed by atoms with Crippen LogP contribution in [0.25, 0.3) is 0 Å². The summed E-state index contributed by atoms with van der Waals surface area (Å²) in [6.45, 7) is 0. The number of hydrogen-bond donors (Lipinski definition) is 2. The number of nitrogens with zero attached hydrogens (tertiary/aromatic N) is 3. The van der Waals surface area contributed by atoms with Crippen LogP contribution in [0.2, 0.25) is 0 Å². The SMILES string of the molecule is CN(C)c1cc(NC(=O)C=CN)ncn1. The number of anilines is 2. The van der Waals surface area contributed by atoms with Gasteiger partial charge in [-0.25, -0.2) is 9.97 Å². The summed E-state index contributed by atoms with van der Waals surface area (Å²) in [4.78, 5) is 20.9. The van der Waals surface area contributed by atoms with Crippen LogP contribution in [0, 0.1) is 0 Å². The highest BCUT2D eigenvalue weighted by Gasteiger charge is 2.02. The van der Waals surface area contributed by atoms with Crippen LogP contribution in [0.5, 0.6) is 0 Å². The standard InChI is InChI=1S/C9H13N5O/c1-14(2)8-5-7(11-6-12-8)13-9(15)3-4-10/h3-6H,10H2,1-2H3,(H,11,12,13,15). The molecule has 0 aliphatic carbocycles. The third-order valence-corrected chi connectivity index (χ3v) is 1.61. The average Bonchev–Trinajstić information content (AvgIpc) is 2.18. The molecule has 1 rings (SSSR count). The lowest BCUT2D eigenvalue weighted by Gasteiger charge is -2.11. The first-order valence-corrected chi connectivity index (χ1v) is 4.32. The molecule has 0 unspecified atom stereocenters. The van der Waals surface area contributed by atoms with Gasteiger partial charge in [-0.15, -0.1) is 0 Å². The second-order valence-electron chi connectivity index (χ2n) is 3.00. The maximum atomic E-state index is 11.1. The largest absolute Gasteiger partial charge is 0.404 e. The van der Waals surface area contributed by atoms with E-state index in [-0.39, 0.29) is 5.91 Å². The molecule has 1 amide bonds. The van der Waals surface area contributed by atoms with E-state index in [2.05, 4.69) is 15.3 Å². The Balaban J connectivity index is 2.78. The first-order chi connectivity index (χ1) is 7.13. The molecule has 15 heavy (non-hydrogen) atoms. The van der Waals surface area contributed by atoms with Crippen LogP contribution in [0.4, 0.5) is 11.6 Å². The van der Waals surface area contributed by atoms with Crippen molar-refractivity contribution < 1.29 is 4.79 Å². The Labute approximate surface area is 87.8 Å². The molecular formula is C9H13N5O. The van der Waals surface area contributed by atoms with E-state index in [0.717, 1.165) is 5.82 Å². The highest BCUT2D eigenvalue weighted by molar-refractivity contribution is 5.98. The number of carbonyl (C=O) groups is 1. The van der Waals surface area contributed by atoms with E-state index in [1.54, 1.807) is 6.07 Å². The molecule has 0 saturated heterocycles. The summed E-state index contributed by atoms with van der Waals surface area (Å²) in [5, 5.41) is 2.55. The van der Waals surface area contributed by atoms with E-state index in [1.165, 1.54) is 18.6 Å². The number of rotatable bonds is 3. The Morgan fingerprint density at radius 2 is 2.27 bits per heavy atom. The molecule has 3 N–H and O–H groups in total. The lowest BCUT2D eigenvalue weighted by atomic mass is 10.4. The second-order valence-corrected chi connectivity index (χ2v) is 3.00. The van der Waals surface area contributed by atoms with Gasteiger partial charge in [0.1, 0.15) is 18.0 Å². The van der Waals surface area contributed by atoms with Crippen molar-refractivity contribution in [1.29, 1.82) is 0 Å². The summed E-state index contributed by atoms with van der Waals surface area (Å²) >= 11 is 0. The van der Waals surface area contributed by atoms with E-state index in [1.807, 2.05) is 19.0 Å². The minimum atomic E-state index is -0.319. The Hall–Kier alpha value is -2.11. The molecule has 0 atom stereocenters. The van der Waals surface area contributed by atoms with E-state index in [9.17, 15) is 4.79 Å². The molecule has 1 aromatic rings. The molecule has 0 aliphatic heterocycles. The van der Waals surface area contributed by atoms with Crippen LogP contribution in [0.3, 0.4) is 0 Å². The summed E-state index contributed by atoms with van der Waals surface area (Å²) in [5.41, 5.74) is 5.08. The normalized spacial score (nSPS) is 10.3. The van der Waals surface area contributed by atoms with E-state index in [0.29, 0.717) is 5.82 Å². The fourth-order valence-corrected chi connectivity index (χ4v) is 0.915. The van der Waals surface area contributed by atoms with Gasteiger partial charge in [0.05, 0.1) is 0 Å². The van der Waals surface area contributed by atoms with E-state index >= 15 is 0 Å². The van der Waals surface area contributed by atoms with Crippen molar-refractivity contribution >= 4 is 17.5 Å². The van der Waals surface area contributed by atoms with Gasteiger partial charge in [-0.1, -0.05) is 0 Å². The molecule has 0 aliphatic rings. The number of hydrogen-bond acceptors (Lipinski definition) is 5. The summed E-state index contributed by atoms with van der Waals surface area (Å²) < 4.78 is 0. The maximum Gasteiger partial charge on any atom is 0.250 e. The lowest BCUT2D eigenvalue weighted by molar-refractivity contribution is -0.111. The highest BCUT2D eigenvalue weighted by atomic mass is 16.1. The molecular weight excluding hydrogens is 194 g/mol. The van der Waals surface area contributed by atoms with Crippen molar-refractivity contribution in [2.24, 2.45) is 5.73 Å².